The Hall–Kier alpha value is -0.720. The first-order valence-corrected chi connectivity index (χ1v) is 9.28. The van der Waals surface area contributed by atoms with Gasteiger partial charge in [0, 0.05) is 10.1 Å². The highest BCUT2D eigenvalue weighted by molar-refractivity contribution is 8.00. The molecule has 1 aliphatic carbocycles. The summed E-state index contributed by atoms with van der Waals surface area (Å²) in [5.74, 6) is 0.780. The van der Waals surface area contributed by atoms with Gasteiger partial charge in [-0.3, -0.25) is 0 Å². The average Bonchev–Trinajstić information content (AvgIpc) is 2.38. The third-order valence-corrected chi connectivity index (χ3v) is 6.51. The zero-order chi connectivity index (χ0) is 14.8. The van der Waals surface area contributed by atoms with Gasteiger partial charge in [0.25, 0.3) is 0 Å². The van der Waals surface area contributed by atoms with E-state index in [1.165, 1.54) is 32.7 Å². The predicted octanol–water partition coefficient (Wildman–Crippen LogP) is 2.85. The molecule has 1 saturated carbocycles. The van der Waals surface area contributed by atoms with Crippen LogP contribution in [0.5, 0.6) is 0 Å². The zero-order valence-electron chi connectivity index (χ0n) is 11.9. The molecule has 0 spiro atoms. The van der Waals surface area contributed by atoms with E-state index in [0.717, 1.165) is 10.8 Å². The lowest BCUT2D eigenvalue weighted by molar-refractivity contribution is 0.394. The molecule has 0 bridgehead atoms. The molecular formula is C14H22N2O2S2. The van der Waals surface area contributed by atoms with Crippen LogP contribution in [0.2, 0.25) is 0 Å². The normalized spacial score (nSPS) is 23.7. The Bertz CT molecular complexity index is 573. The molecule has 1 aromatic rings. The van der Waals surface area contributed by atoms with E-state index < -0.39 is 10.0 Å². The van der Waals surface area contributed by atoms with Crippen LogP contribution in [0.15, 0.2) is 28.0 Å². The van der Waals surface area contributed by atoms with Gasteiger partial charge in [0.1, 0.15) is 4.90 Å². The predicted molar refractivity (Wildman–Crippen MR) is 84.4 cm³/mol. The van der Waals surface area contributed by atoms with E-state index in [9.17, 15) is 8.42 Å². The fourth-order valence-electron chi connectivity index (χ4n) is 2.63. The van der Waals surface area contributed by atoms with Gasteiger partial charge in [-0.25, -0.2) is 13.1 Å². The lowest BCUT2D eigenvalue weighted by Crippen LogP contribution is -2.20. The summed E-state index contributed by atoms with van der Waals surface area (Å²) in [5.41, 5.74) is 6.20. The minimum absolute atomic E-state index is 0.154. The van der Waals surface area contributed by atoms with Gasteiger partial charge in [0.2, 0.25) is 10.0 Å². The molecule has 1 aromatic carbocycles. The second kappa shape index (κ2) is 6.37. The van der Waals surface area contributed by atoms with Crippen LogP contribution in [-0.2, 0) is 10.0 Å². The first kappa shape index (κ1) is 15.7. The third-order valence-electron chi connectivity index (χ3n) is 3.73. The molecule has 2 unspecified atom stereocenters. The largest absolute Gasteiger partial charge is 0.398 e. The highest BCUT2D eigenvalue weighted by Crippen LogP contribution is 2.37. The van der Waals surface area contributed by atoms with Crippen molar-refractivity contribution in [3.05, 3.63) is 18.2 Å². The topological polar surface area (TPSA) is 72.2 Å². The number of thioether (sulfide) groups is 1. The molecule has 0 radical (unpaired) electrons. The first-order valence-electron chi connectivity index (χ1n) is 6.92. The van der Waals surface area contributed by atoms with Crippen LogP contribution in [0.4, 0.5) is 5.69 Å². The lowest BCUT2D eigenvalue weighted by Gasteiger charge is -2.26. The molecule has 0 aliphatic heterocycles. The molecule has 0 saturated heterocycles. The van der Waals surface area contributed by atoms with Crippen LogP contribution in [-0.4, -0.2) is 20.7 Å². The number of hydrogen-bond donors (Lipinski definition) is 2. The third kappa shape index (κ3) is 3.68. The van der Waals surface area contributed by atoms with E-state index in [1.807, 2.05) is 17.8 Å². The Kier molecular flexibility index (Phi) is 4.99. The number of anilines is 1. The Balaban J connectivity index is 2.13. The minimum atomic E-state index is -3.47. The summed E-state index contributed by atoms with van der Waals surface area (Å²) in [5, 5.41) is 0.616. The maximum Gasteiger partial charge on any atom is 0.242 e. The van der Waals surface area contributed by atoms with E-state index in [0.29, 0.717) is 10.9 Å². The van der Waals surface area contributed by atoms with Crippen molar-refractivity contribution in [3.8, 4) is 0 Å². The van der Waals surface area contributed by atoms with Gasteiger partial charge in [-0.1, -0.05) is 19.8 Å². The van der Waals surface area contributed by atoms with Crippen LogP contribution in [0, 0.1) is 5.92 Å². The number of rotatable bonds is 4. The highest BCUT2D eigenvalue weighted by Gasteiger charge is 2.21. The standard InChI is InChI=1S/C14H22N2O2S2/c1-10-4-3-5-11(8-10)19-12-6-7-14(13(15)9-12)20(17,18)16-2/h6-7,9-11,16H,3-5,8,15H2,1-2H3. The fourth-order valence-corrected chi connectivity index (χ4v) is 4.90. The molecule has 1 fully saturated rings. The molecular weight excluding hydrogens is 292 g/mol. The van der Waals surface area contributed by atoms with Gasteiger partial charge >= 0.3 is 0 Å². The summed E-state index contributed by atoms with van der Waals surface area (Å²) in [4.78, 5) is 1.21. The molecule has 0 heterocycles. The van der Waals surface area contributed by atoms with Crippen molar-refractivity contribution >= 4 is 27.5 Å². The summed E-state index contributed by atoms with van der Waals surface area (Å²) in [6.07, 6.45) is 5.05. The number of benzene rings is 1. The van der Waals surface area contributed by atoms with Crippen molar-refractivity contribution in [1.82, 2.24) is 4.72 Å². The fraction of sp³-hybridized carbons (Fsp3) is 0.571. The Morgan fingerprint density at radius 3 is 2.70 bits per heavy atom. The smallest absolute Gasteiger partial charge is 0.242 e. The summed E-state index contributed by atoms with van der Waals surface area (Å²) in [6, 6.07) is 5.22. The maximum absolute atomic E-state index is 11.8. The van der Waals surface area contributed by atoms with Crippen LogP contribution in [0.3, 0.4) is 0 Å². The van der Waals surface area contributed by atoms with Crippen LogP contribution in [0.25, 0.3) is 0 Å². The van der Waals surface area contributed by atoms with Gasteiger partial charge in [0.15, 0.2) is 0 Å². The minimum Gasteiger partial charge on any atom is -0.398 e. The highest BCUT2D eigenvalue weighted by atomic mass is 32.2. The van der Waals surface area contributed by atoms with Gasteiger partial charge in [-0.2, -0.15) is 0 Å². The second-order valence-corrected chi connectivity index (χ2v) is 8.65. The van der Waals surface area contributed by atoms with E-state index in [2.05, 4.69) is 11.6 Å². The zero-order valence-corrected chi connectivity index (χ0v) is 13.6. The molecule has 2 rings (SSSR count). The van der Waals surface area contributed by atoms with Crippen molar-refractivity contribution in [2.75, 3.05) is 12.8 Å². The molecule has 20 heavy (non-hydrogen) atoms. The number of hydrogen-bond acceptors (Lipinski definition) is 4. The van der Waals surface area contributed by atoms with E-state index in [4.69, 9.17) is 5.73 Å². The van der Waals surface area contributed by atoms with Gasteiger partial charge in [0.05, 0.1) is 5.69 Å². The Morgan fingerprint density at radius 2 is 2.10 bits per heavy atom. The second-order valence-electron chi connectivity index (χ2n) is 5.42. The van der Waals surface area contributed by atoms with Gasteiger partial charge in [-0.05, 0) is 44.0 Å². The summed E-state index contributed by atoms with van der Waals surface area (Å²) >= 11 is 1.81. The van der Waals surface area contributed by atoms with Crippen LogP contribution < -0.4 is 10.5 Å². The number of nitrogens with one attached hydrogen (secondary N) is 1. The van der Waals surface area contributed by atoms with Gasteiger partial charge in [-0.15, -0.1) is 11.8 Å². The quantitative estimate of drug-likeness (QED) is 0.838. The molecule has 3 N–H and O–H groups in total. The number of nitrogen functional groups attached to an aromatic ring is 1. The SMILES string of the molecule is CNS(=O)(=O)c1ccc(SC2CCCC(C)C2)cc1N. The van der Waals surface area contributed by atoms with E-state index in [1.54, 1.807) is 12.1 Å². The van der Waals surface area contributed by atoms with Gasteiger partial charge < -0.3 is 5.73 Å². The molecule has 112 valence electrons. The molecule has 1 aliphatic rings. The summed E-state index contributed by atoms with van der Waals surface area (Å²) in [6.45, 7) is 2.30. The average molecular weight is 314 g/mol. The maximum atomic E-state index is 11.8. The molecule has 4 nitrogen and oxygen atoms in total. The van der Waals surface area contributed by atoms with Crippen LogP contribution in [0.1, 0.15) is 32.6 Å². The van der Waals surface area contributed by atoms with E-state index >= 15 is 0 Å². The summed E-state index contributed by atoms with van der Waals surface area (Å²) in [7, 11) is -2.08. The number of nitrogens with two attached hydrogens (primary N) is 1. The van der Waals surface area contributed by atoms with E-state index in [-0.39, 0.29) is 4.90 Å². The van der Waals surface area contributed by atoms with Crippen molar-refractivity contribution in [2.45, 2.75) is 47.6 Å². The first-order chi connectivity index (χ1) is 9.42. The Labute approximate surface area is 125 Å². The monoisotopic (exact) mass is 314 g/mol. The molecule has 2 atom stereocenters. The molecule has 0 amide bonds. The summed E-state index contributed by atoms with van der Waals surface area (Å²) < 4.78 is 25.8. The van der Waals surface area contributed by atoms with Crippen molar-refractivity contribution in [3.63, 3.8) is 0 Å². The Morgan fingerprint density at radius 1 is 1.35 bits per heavy atom. The van der Waals surface area contributed by atoms with Crippen LogP contribution >= 0.6 is 11.8 Å². The lowest BCUT2D eigenvalue weighted by atomic mass is 9.91. The molecule has 0 aromatic heterocycles. The van der Waals surface area contributed by atoms with Crippen molar-refractivity contribution in [1.29, 1.82) is 0 Å². The van der Waals surface area contributed by atoms with Crippen molar-refractivity contribution < 1.29 is 8.42 Å². The molecule has 6 heteroatoms. The van der Waals surface area contributed by atoms with Crippen molar-refractivity contribution in [2.24, 2.45) is 5.92 Å². The number of sulfonamides is 1.